The van der Waals surface area contributed by atoms with Crippen molar-refractivity contribution < 1.29 is 28.2 Å². The summed E-state index contributed by atoms with van der Waals surface area (Å²) in [5, 5.41) is 2.46. The summed E-state index contributed by atoms with van der Waals surface area (Å²) < 4.78 is 29.4. The highest BCUT2D eigenvalue weighted by molar-refractivity contribution is 5.99. The quantitative estimate of drug-likeness (QED) is 0.858. The highest BCUT2D eigenvalue weighted by Crippen LogP contribution is 2.29. The molecule has 1 aromatic rings. The molecule has 6 nitrogen and oxygen atoms in total. The van der Waals surface area contributed by atoms with Gasteiger partial charge in [-0.2, -0.15) is 0 Å². The van der Waals surface area contributed by atoms with Gasteiger partial charge in [0.25, 0.3) is 0 Å². The summed E-state index contributed by atoms with van der Waals surface area (Å²) in [4.78, 5) is 23.4. The number of hydrogen-bond donors (Lipinski definition) is 1. The van der Waals surface area contributed by atoms with Crippen LogP contribution in [0.25, 0.3) is 5.57 Å². The van der Waals surface area contributed by atoms with E-state index >= 15 is 0 Å². The highest BCUT2D eigenvalue weighted by Gasteiger charge is 2.25. The molecule has 1 heterocycles. The first-order valence-corrected chi connectivity index (χ1v) is 7.39. The Bertz CT molecular complexity index is 691. The van der Waals surface area contributed by atoms with Crippen molar-refractivity contribution in [1.82, 2.24) is 0 Å². The number of esters is 1. The Morgan fingerprint density at radius 2 is 1.96 bits per heavy atom. The molecule has 0 aliphatic carbocycles. The summed E-state index contributed by atoms with van der Waals surface area (Å²) >= 11 is 0. The van der Waals surface area contributed by atoms with E-state index in [1.165, 1.54) is 25.3 Å². The van der Waals surface area contributed by atoms with Gasteiger partial charge in [0.1, 0.15) is 11.4 Å². The molecule has 1 N–H and O–H groups in total. The van der Waals surface area contributed by atoms with Gasteiger partial charge < -0.3 is 14.2 Å². The van der Waals surface area contributed by atoms with E-state index in [1.807, 2.05) is 0 Å². The normalized spacial score (nSPS) is 14.5. The second kappa shape index (κ2) is 7.00. The van der Waals surface area contributed by atoms with Gasteiger partial charge in [0.2, 0.25) is 0 Å². The van der Waals surface area contributed by atoms with Crippen LogP contribution in [0.4, 0.5) is 14.9 Å². The number of benzene rings is 1. The summed E-state index contributed by atoms with van der Waals surface area (Å²) in [6.45, 7) is 5.41. The fourth-order valence-electron chi connectivity index (χ4n) is 2.23. The molecule has 0 bridgehead atoms. The van der Waals surface area contributed by atoms with Crippen molar-refractivity contribution >= 4 is 23.3 Å². The number of hydrogen-bond acceptors (Lipinski definition) is 5. The molecule has 1 amide bonds. The van der Waals surface area contributed by atoms with Crippen molar-refractivity contribution in [1.29, 1.82) is 0 Å². The number of halogens is 1. The standard InChI is InChI=1S/C17H20FNO5/c1-17(2,3)24-16(21)19-10-5-6-11(14(18)7-10)12-8-23-9-13(12)15(20)22-4/h5-7H,8-9H2,1-4H3,(H,19,21). The number of anilines is 1. The lowest BCUT2D eigenvalue weighted by molar-refractivity contribution is -0.136. The first-order valence-electron chi connectivity index (χ1n) is 7.39. The number of amides is 1. The summed E-state index contributed by atoms with van der Waals surface area (Å²) in [7, 11) is 1.26. The van der Waals surface area contributed by atoms with Crippen molar-refractivity contribution in [2.75, 3.05) is 25.6 Å². The Hall–Kier alpha value is -2.41. The molecule has 0 saturated heterocycles. The van der Waals surface area contributed by atoms with Gasteiger partial charge in [0, 0.05) is 16.8 Å². The van der Waals surface area contributed by atoms with E-state index in [0.29, 0.717) is 11.1 Å². The molecule has 1 aliphatic heterocycles. The molecule has 0 aromatic heterocycles. The molecule has 0 fully saturated rings. The van der Waals surface area contributed by atoms with E-state index in [4.69, 9.17) is 9.47 Å². The SMILES string of the molecule is COC(=O)C1=C(c2ccc(NC(=O)OC(C)(C)C)cc2F)COC1. The van der Waals surface area contributed by atoms with Crippen LogP contribution in [0.5, 0.6) is 0 Å². The molecule has 0 atom stereocenters. The molecule has 1 aliphatic rings. The minimum atomic E-state index is -0.673. The lowest BCUT2D eigenvalue weighted by Crippen LogP contribution is -2.27. The fourth-order valence-corrected chi connectivity index (χ4v) is 2.23. The van der Waals surface area contributed by atoms with Crippen LogP contribution in [-0.2, 0) is 19.0 Å². The first-order chi connectivity index (χ1) is 11.2. The number of carbonyl (C=O) groups is 2. The third-order valence-electron chi connectivity index (χ3n) is 3.23. The Balaban J connectivity index is 2.21. The van der Waals surface area contributed by atoms with Gasteiger partial charge in [-0.15, -0.1) is 0 Å². The molecular formula is C17H20FNO5. The first kappa shape index (κ1) is 17.9. The van der Waals surface area contributed by atoms with E-state index in [2.05, 4.69) is 10.1 Å². The molecule has 0 saturated carbocycles. The van der Waals surface area contributed by atoms with E-state index in [9.17, 15) is 14.0 Å². The number of methoxy groups -OCH3 is 1. The van der Waals surface area contributed by atoms with Crippen LogP contribution in [0.15, 0.2) is 23.8 Å². The maximum atomic E-state index is 14.4. The van der Waals surface area contributed by atoms with Crippen LogP contribution in [0.2, 0.25) is 0 Å². The summed E-state index contributed by atoms with van der Waals surface area (Å²) in [6.07, 6.45) is -0.673. The van der Waals surface area contributed by atoms with Gasteiger partial charge in [-0.1, -0.05) is 0 Å². The van der Waals surface area contributed by atoms with Gasteiger partial charge in [-0.25, -0.2) is 14.0 Å². The average molecular weight is 337 g/mol. The zero-order valence-corrected chi connectivity index (χ0v) is 14.1. The summed E-state index contributed by atoms with van der Waals surface area (Å²) in [5.41, 5.74) is 0.587. The van der Waals surface area contributed by atoms with E-state index < -0.39 is 23.5 Å². The van der Waals surface area contributed by atoms with Crippen molar-refractivity contribution in [2.24, 2.45) is 0 Å². The lowest BCUT2D eigenvalue weighted by atomic mass is 10.0. The minimum absolute atomic E-state index is 0.0827. The van der Waals surface area contributed by atoms with Gasteiger partial charge in [0.15, 0.2) is 0 Å². The van der Waals surface area contributed by atoms with Crippen molar-refractivity contribution in [3.05, 3.63) is 35.2 Å². The third-order valence-corrected chi connectivity index (χ3v) is 3.23. The van der Waals surface area contributed by atoms with E-state index in [0.717, 1.165) is 0 Å². The molecule has 130 valence electrons. The molecule has 2 rings (SSSR count). The molecule has 0 unspecified atom stereocenters. The molecule has 0 spiro atoms. The molecule has 0 radical (unpaired) electrons. The second-order valence-corrected chi connectivity index (χ2v) is 6.26. The molecular weight excluding hydrogens is 317 g/mol. The van der Waals surface area contributed by atoms with Crippen LogP contribution >= 0.6 is 0 Å². The van der Waals surface area contributed by atoms with Gasteiger partial charge >= 0.3 is 12.1 Å². The summed E-state index contributed by atoms with van der Waals surface area (Å²) in [5.74, 6) is -1.12. The molecule has 7 heteroatoms. The van der Waals surface area contributed by atoms with Crippen molar-refractivity contribution in [3.8, 4) is 0 Å². The Morgan fingerprint density at radius 3 is 2.54 bits per heavy atom. The van der Waals surface area contributed by atoms with Crippen LogP contribution in [-0.4, -0.2) is 38.0 Å². The van der Waals surface area contributed by atoms with Gasteiger partial charge in [-0.05, 0) is 39.0 Å². The zero-order chi connectivity index (χ0) is 17.9. The topological polar surface area (TPSA) is 73.9 Å². The van der Waals surface area contributed by atoms with Crippen LogP contribution in [0, 0.1) is 5.82 Å². The maximum Gasteiger partial charge on any atom is 0.412 e. The van der Waals surface area contributed by atoms with Gasteiger partial charge in [-0.3, -0.25) is 5.32 Å². The smallest absolute Gasteiger partial charge is 0.412 e. The van der Waals surface area contributed by atoms with Crippen LogP contribution < -0.4 is 5.32 Å². The van der Waals surface area contributed by atoms with Gasteiger partial charge in [0.05, 0.1) is 25.9 Å². The van der Waals surface area contributed by atoms with E-state index in [-0.39, 0.29) is 24.5 Å². The van der Waals surface area contributed by atoms with Crippen LogP contribution in [0.3, 0.4) is 0 Å². The maximum absolute atomic E-state index is 14.4. The highest BCUT2D eigenvalue weighted by atomic mass is 19.1. The molecule has 24 heavy (non-hydrogen) atoms. The van der Waals surface area contributed by atoms with Crippen molar-refractivity contribution in [2.45, 2.75) is 26.4 Å². The Labute approximate surface area is 139 Å². The third kappa shape index (κ3) is 4.32. The Kier molecular flexibility index (Phi) is 5.23. The average Bonchev–Trinajstić information content (AvgIpc) is 2.93. The summed E-state index contributed by atoms with van der Waals surface area (Å²) in [6, 6.07) is 4.18. The number of rotatable bonds is 3. The van der Waals surface area contributed by atoms with E-state index in [1.54, 1.807) is 20.8 Å². The zero-order valence-electron chi connectivity index (χ0n) is 14.1. The van der Waals surface area contributed by atoms with Crippen LogP contribution in [0.1, 0.15) is 26.3 Å². The van der Waals surface area contributed by atoms with Crippen molar-refractivity contribution in [3.63, 3.8) is 0 Å². The Morgan fingerprint density at radius 1 is 1.25 bits per heavy atom. The number of nitrogens with one attached hydrogen (secondary N) is 1. The predicted molar refractivity (Wildman–Crippen MR) is 86.0 cm³/mol. The number of ether oxygens (including phenoxy) is 3. The molecule has 1 aromatic carbocycles. The lowest BCUT2D eigenvalue weighted by Gasteiger charge is -2.19. The minimum Gasteiger partial charge on any atom is -0.466 e. The monoisotopic (exact) mass is 337 g/mol. The predicted octanol–water partition coefficient (Wildman–Crippen LogP) is 3.13. The second-order valence-electron chi connectivity index (χ2n) is 6.26. The number of carbonyl (C=O) groups excluding carboxylic acids is 2. The fraction of sp³-hybridized carbons (Fsp3) is 0.412. The largest absolute Gasteiger partial charge is 0.466 e.